The monoisotopic (exact) mass is 789 g/mol. The largest absolute Gasteiger partial charge is 0.493 e. The molecule has 0 fully saturated rings. The molecule has 2 aromatic rings. The molecule has 0 heterocycles. The van der Waals surface area contributed by atoms with Crippen molar-refractivity contribution in [2.45, 2.75) is 172 Å². The van der Waals surface area contributed by atoms with Crippen molar-refractivity contribution in [2.24, 2.45) is 22.7 Å². The van der Waals surface area contributed by atoms with E-state index in [1.807, 2.05) is 0 Å². The molecule has 0 radical (unpaired) electrons. The topological polar surface area (TPSA) is 52.6 Å². The average molecular weight is 789 g/mol. The first-order valence-electron chi connectivity index (χ1n) is 22.5. The molecular weight excluding hydrogens is 713 g/mol. The minimum absolute atomic E-state index is 0.149. The molecule has 2 unspecified atom stereocenters. The molecule has 2 aromatic carbocycles. The molecule has 8 bridgehead atoms. The number of Topliss-reactive ketones (excluding diaryl/α,β-unsaturated/α-hetero) is 2. The number of hydrogen-bond acceptors (Lipinski definition) is 4. The van der Waals surface area contributed by atoms with Crippen LogP contribution in [0.15, 0.2) is 70.9 Å². The van der Waals surface area contributed by atoms with Gasteiger partial charge in [0.25, 0.3) is 0 Å². The summed E-state index contributed by atoms with van der Waals surface area (Å²) in [6.45, 7) is 32.6. The van der Waals surface area contributed by atoms with Gasteiger partial charge in [0, 0.05) is 35.8 Å². The van der Waals surface area contributed by atoms with Crippen molar-refractivity contribution in [3.8, 4) is 11.5 Å². The molecule has 0 saturated heterocycles. The van der Waals surface area contributed by atoms with Crippen LogP contribution >= 0.6 is 0 Å². The quantitative estimate of drug-likeness (QED) is 0.225. The molecule has 58 heavy (non-hydrogen) atoms. The van der Waals surface area contributed by atoms with Gasteiger partial charge in [-0.05, 0) is 91.9 Å². The van der Waals surface area contributed by atoms with Crippen molar-refractivity contribution >= 4 is 11.6 Å². The first-order chi connectivity index (χ1) is 27.0. The highest BCUT2D eigenvalue weighted by molar-refractivity contribution is 6.02. The summed E-state index contributed by atoms with van der Waals surface area (Å²) in [5, 5.41) is 0. The van der Waals surface area contributed by atoms with Gasteiger partial charge in [0.15, 0.2) is 11.6 Å². The van der Waals surface area contributed by atoms with Crippen LogP contribution in [0.3, 0.4) is 0 Å². The van der Waals surface area contributed by atoms with Crippen LogP contribution in [0.2, 0.25) is 0 Å². The zero-order chi connectivity index (χ0) is 42.8. The number of rotatable bonds is 10. The number of carbonyl (C=O) groups is 2. The number of unbranched alkanes of at least 4 members (excludes halogenated alkanes) is 4. The Kier molecular flexibility index (Phi) is 14.0. The van der Waals surface area contributed by atoms with Gasteiger partial charge in [0.05, 0.1) is 13.2 Å². The maximum absolute atomic E-state index is 15.0. The molecule has 0 saturated carbocycles. The van der Waals surface area contributed by atoms with Crippen LogP contribution < -0.4 is 9.47 Å². The Morgan fingerprint density at radius 1 is 0.500 bits per heavy atom. The average Bonchev–Trinajstić information content (AvgIpc) is 3.11. The van der Waals surface area contributed by atoms with Gasteiger partial charge in [-0.25, -0.2) is 0 Å². The molecule has 4 heteroatoms. The van der Waals surface area contributed by atoms with E-state index in [1.54, 1.807) is 0 Å². The number of ketones is 2. The Hall–Kier alpha value is -3.66. The third-order valence-electron chi connectivity index (χ3n) is 12.3. The van der Waals surface area contributed by atoms with Crippen LogP contribution in [0.5, 0.6) is 11.5 Å². The Labute approximate surface area is 353 Å². The summed E-state index contributed by atoms with van der Waals surface area (Å²) >= 11 is 0. The number of allylic oxidation sites excluding steroid dienone is 8. The molecule has 4 nitrogen and oxygen atoms in total. The van der Waals surface area contributed by atoms with Crippen molar-refractivity contribution in [2.75, 3.05) is 13.2 Å². The minimum Gasteiger partial charge on any atom is -0.493 e. The van der Waals surface area contributed by atoms with Gasteiger partial charge in [0.2, 0.25) is 0 Å². The number of ether oxygens (including phenoxy) is 2. The molecular formula is C54H76O4. The van der Waals surface area contributed by atoms with Crippen LogP contribution in [0, 0.1) is 22.7 Å². The number of benzene rings is 2. The maximum Gasteiger partial charge on any atom is 0.166 e. The van der Waals surface area contributed by atoms with Crippen molar-refractivity contribution in [1.29, 1.82) is 0 Å². The van der Waals surface area contributed by atoms with Gasteiger partial charge in [0.1, 0.15) is 11.5 Å². The Balaban J connectivity index is 1.83. The lowest BCUT2D eigenvalue weighted by Crippen LogP contribution is -2.28. The smallest absolute Gasteiger partial charge is 0.166 e. The lowest BCUT2D eigenvalue weighted by Gasteiger charge is -2.32. The molecule has 0 aromatic heterocycles. The van der Waals surface area contributed by atoms with E-state index in [-0.39, 0.29) is 45.1 Å². The fraction of sp³-hybridized carbons (Fsp3) is 0.593. The van der Waals surface area contributed by atoms with E-state index in [2.05, 4.69) is 146 Å². The maximum atomic E-state index is 15.0. The molecule has 3 aliphatic rings. The lowest BCUT2D eigenvalue weighted by molar-refractivity contribution is -0.118. The van der Waals surface area contributed by atoms with Crippen molar-refractivity contribution in [1.82, 2.24) is 0 Å². The van der Waals surface area contributed by atoms with Gasteiger partial charge in [-0.1, -0.05) is 171 Å². The first-order valence-corrected chi connectivity index (χ1v) is 22.5. The summed E-state index contributed by atoms with van der Waals surface area (Å²) in [5.41, 5.74) is 10.0. The molecule has 316 valence electrons. The van der Waals surface area contributed by atoms with Crippen molar-refractivity contribution < 1.29 is 19.1 Å². The predicted octanol–water partition coefficient (Wildman–Crippen LogP) is 13.5. The van der Waals surface area contributed by atoms with Gasteiger partial charge < -0.3 is 9.47 Å². The Morgan fingerprint density at radius 2 is 0.845 bits per heavy atom. The van der Waals surface area contributed by atoms with E-state index in [0.29, 0.717) is 38.9 Å². The van der Waals surface area contributed by atoms with Crippen molar-refractivity contribution in [3.63, 3.8) is 0 Å². The normalized spacial score (nSPS) is 19.3. The SMILES string of the molecule is CCCCCOc1c2cc(C(C)(C)C)cc1CC1C=C(C(C)(C)C)C=C(Cc3cc(C(C)(C)C)cc(c3OCCCCC)CC3C=C(C(C)(C)C)C=C(C2)C3=O)C1=O. The summed E-state index contributed by atoms with van der Waals surface area (Å²) in [6, 6.07) is 9.15. The summed E-state index contributed by atoms with van der Waals surface area (Å²) in [7, 11) is 0. The Bertz CT molecular complexity index is 1820. The van der Waals surface area contributed by atoms with Crippen LogP contribution in [0.25, 0.3) is 0 Å². The fourth-order valence-electron chi connectivity index (χ4n) is 8.44. The van der Waals surface area contributed by atoms with Crippen LogP contribution in [-0.2, 0) is 46.1 Å². The molecule has 3 aliphatic carbocycles. The molecule has 0 spiro atoms. The van der Waals surface area contributed by atoms with E-state index in [1.165, 1.54) is 22.3 Å². The van der Waals surface area contributed by atoms with Gasteiger partial charge in [-0.2, -0.15) is 0 Å². The second kappa shape index (κ2) is 17.9. The van der Waals surface area contributed by atoms with E-state index in [9.17, 15) is 0 Å². The molecule has 0 N–H and O–H groups in total. The van der Waals surface area contributed by atoms with Crippen LogP contribution in [0.4, 0.5) is 0 Å². The summed E-state index contributed by atoms with van der Waals surface area (Å²) in [4.78, 5) is 30.1. The number of fused-ring (bicyclic) bond motifs is 8. The minimum atomic E-state index is -0.349. The van der Waals surface area contributed by atoms with E-state index >= 15 is 9.59 Å². The van der Waals surface area contributed by atoms with E-state index in [4.69, 9.17) is 9.47 Å². The van der Waals surface area contributed by atoms with Gasteiger partial charge >= 0.3 is 0 Å². The summed E-state index contributed by atoms with van der Waals surface area (Å²) < 4.78 is 13.7. The molecule has 5 rings (SSSR count). The summed E-state index contributed by atoms with van der Waals surface area (Å²) in [5.74, 6) is 1.35. The van der Waals surface area contributed by atoms with E-state index < -0.39 is 0 Å². The van der Waals surface area contributed by atoms with Crippen LogP contribution in [0.1, 0.15) is 169 Å². The number of carbonyl (C=O) groups excluding carboxylic acids is 2. The second-order valence-electron chi connectivity index (χ2n) is 21.6. The molecule has 0 amide bonds. The second-order valence-corrected chi connectivity index (χ2v) is 21.6. The Morgan fingerprint density at radius 3 is 1.16 bits per heavy atom. The lowest BCUT2D eigenvalue weighted by atomic mass is 9.73. The number of hydrogen-bond donors (Lipinski definition) is 0. The highest BCUT2D eigenvalue weighted by Gasteiger charge is 2.35. The fourth-order valence-corrected chi connectivity index (χ4v) is 8.44. The highest BCUT2D eigenvalue weighted by Crippen LogP contribution is 2.43. The molecule has 0 aliphatic heterocycles. The third kappa shape index (κ3) is 10.9. The standard InChI is InChI=1S/C54H76O4/c1-15-17-19-21-57-49-39-23-35-27-43(51(3,4)5)29-37(47(35)55)25-41-33-46(54(12,13)14)34-42(50(41)58-22-20-18-16-2)26-38-30-44(52(6,7)8)28-36(48(38)56)24-40(49)32-45(31-39)53(9,10)11/h27-35,38H,15-26H2,1-14H3. The highest BCUT2D eigenvalue weighted by atomic mass is 16.5. The zero-order valence-electron chi connectivity index (χ0n) is 38.9. The van der Waals surface area contributed by atoms with Gasteiger partial charge in [-0.15, -0.1) is 0 Å². The van der Waals surface area contributed by atoms with Crippen molar-refractivity contribution in [3.05, 3.63) is 104 Å². The van der Waals surface area contributed by atoms with Gasteiger partial charge in [-0.3, -0.25) is 9.59 Å². The first kappa shape index (κ1) is 45.4. The zero-order valence-corrected chi connectivity index (χ0v) is 38.9. The summed E-state index contributed by atoms with van der Waals surface area (Å²) in [6.07, 6.45) is 17.1. The third-order valence-corrected chi connectivity index (χ3v) is 12.3. The predicted molar refractivity (Wildman–Crippen MR) is 243 cm³/mol. The van der Waals surface area contributed by atoms with E-state index in [0.717, 1.165) is 83.4 Å². The van der Waals surface area contributed by atoms with Crippen LogP contribution in [-0.4, -0.2) is 24.8 Å². The molecule has 2 atom stereocenters.